The fraction of sp³-hybridized carbons (Fsp3) is 0.273. The largest absolute Gasteiger partial charge is 0.433 e. The zero-order valence-corrected chi connectivity index (χ0v) is 10.9. The molecule has 0 bridgehead atoms. The third-order valence-electron chi connectivity index (χ3n) is 2.71. The monoisotopic (exact) mass is 295 g/mol. The van der Waals surface area contributed by atoms with Crippen LogP contribution in [0.25, 0.3) is 0 Å². The van der Waals surface area contributed by atoms with Gasteiger partial charge in [-0.1, -0.05) is 11.3 Å². The molecule has 0 fully saturated rings. The van der Waals surface area contributed by atoms with Gasteiger partial charge >= 0.3 is 5.88 Å². The van der Waals surface area contributed by atoms with Crippen molar-refractivity contribution >= 4 is 28.3 Å². The van der Waals surface area contributed by atoms with Crippen molar-refractivity contribution in [2.45, 2.75) is 13.0 Å². The summed E-state index contributed by atoms with van der Waals surface area (Å²) in [5.41, 5.74) is 0.918. The standard InChI is InChI=1S/C11H9N3O5S/c15-10(7-1-2-9(19-7)14(16)17)13-11-12-6-3-4-18-5-8(6)20-11/h1-2H,3-5H2,(H,12,13,15). The molecule has 1 N–H and O–H groups in total. The van der Waals surface area contributed by atoms with Crippen LogP contribution in [0.2, 0.25) is 0 Å². The van der Waals surface area contributed by atoms with E-state index < -0.39 is 16.7 Å². The molecule has 0 aliphatic carbocycles. The molecular weight excluding hydrogens is 286 g/mol. The molecule has 1 aliphatic rings. The lowest BCUT2D eigenvalue weighted by atomic mass is 10.2. The molecule has 3 heterocycles. The average molecular weight is 295 g/mol. The fourth-order valence-electron chi connectivity index (χ4n) is 1.79. The number of carbonyl (C=O) groups is 1. The number of nitrogens with one attached hydrogen (secondary N) is 1. The van der Waals surface area contributed by atoms with Crippen molar-refractivity contribution in [1.82, 2.24) is 4.98 Å². The number of ether oxygens (including phenoxy) is 1. The van der Waals surface area contributed by atoms with E-state index in [-0.39, 0.29) is 5.76 Å². The Morgan fingerprint density at radius 2 is 2.35 bits per heavy atom. The number of rotatable bonds is 3. The second-order valence-electron chi connectivity index (χ2n) is 4.04. The summed E-state index contributed by atoms with van der Waals surface area (Å²) in [5.74, 6) is -1.16. The maximum absolute atomic E-state index is 11.9. The smallest absolute Gasteiger partial charge is 0.395 e. The summed E-state index contributed by atoms with van der Waals surface area (Å²) >= 11 is 1.33. The van der Waals surface area contributed by atoms with Gasteiger partial charge in [0.15, 0.2) is 10.9 Å². The highest BCUT2D eigenvalue weighted by Gasteiger charge is 2.20. The number of fused-ring (bicyclic) bond motifs is 1. The van der Waals surface area contributed by atoms with Gasteiger partial charge in [0.2, 0.25) is 0 Å². The van der Waals surface area contributed by atoms with E-state index in [1.807, 2.05) is 0 Å². The fourth-order valence-corrected chi connectivity index (χ4v) is 2.73. The van der Waals surface area contributed by atoms with Crippen LogP contribution in [0.1, 0.15) is 21.1 Å². The number of thiazole rings is 1. The van der Waals surface area contributed by atoms with Gasteiger partial charge in [-0.05, 0) is 6.07 Å². The van der Waals surface area contributed by atoms with Gasteiger partial charge in [-0.2, -0.15) is 0 Å². The summed E-state index contributed by atoms with van der Waals surface area (Å²) < 4.78 is 10.1. The van der Waals surface area contributed by atoms with E-state index >= 15 is 0 Å². The highest BCUT2D eigenvalue weighted by atomic mass is 32.1. The molecule has 0 atom stereocenters. The van der Waals surface area contributed by atoms with Crippen LogP contribution in [0.15, 0.2) is 16.5 Å². The normalized spacial score (nSPS) is 13.8. The zero-order chi connectivity index (χ0) is 14.1. The number of furan rings is 1. The van der Waals surface area contributed by atoms with Gasteiger partial charge in [-0.15, -0.1) is 0 Å². The molecule has 104 valence electrons. The average Bonchev–Trinajstić information content (AvgIpc) is 3.04. The molecule has 2 aromatic rings. The SMILES string of the molecule is O=C(Nc1nc2c(s1)COCC2)c1ccc([N+](=O)[O-])o1. The Morgan fingerprint density at radius 1 is 1.50 bits per heavy atom. The number of nitro groups is 1. The van der Waals surface area contributed by atoms with E-state index in [9.17, 15) is 14.9 Å². The van der Waals surface area contributed by atoms with Crippen molar-refractivity contribution in [2.75, 3.05) is 11.9 Å². The van der Waals surface area contributed by atoms with Crippen molar-refractivity contribution in [3.63, 3.8) is 0 Å². The molecule has 0 saturated carbocycles. The molecule has 3 rings (SSSR count). The van der Waals surface area contributed by atoms with E-state index in [2.05, 4.69) is 10.3 Å². The third kappa shape index (κ3) is 2.40. The predicted molar refractivity (Wildman–Crippen MR) is 68.8 cm³/mol. The second-order valence-corrected chi connectivity index (χ2v) is 5.12. The van der Waals surface area contributed by atoms with Crippen LogP contribution in [0.5, 0.6) is 0 Å². The van der Waals surface area contributed by atoms with Gasteiger partial charge in [-0.3, -0.25) is 20.2 Å². The lowest BCUT2D eigenvalue weighted by molar-refractivity contribution is -0.402. The van der Waals surface area contributed by atoms with Gasteiger partial charge < -0.3 is 9.15 Å². The topological polar surface area (TPSA) is 108 Å². The van der Waals surface area contributed by atoms with Gasteiger partial charge in [0.05, 0.1) is 29.9 Å². The molecule has 0 saturated heterocycles. The van der Waals surface area contributed by atoms with E-state index in [0.717, 1.165) is 16.6 Å². The third-order valence-corrected chi connectivity index (χ3v) is 3.70. The number of hydrogen-bond donors (Lipinski definition) is 1. The van der Waals surface area contributed by atoms with E-state index in [0.29, 0.717) is 24.8 Å². The summed E-state index contributed by atoms with van der Waals surface area (Å²) in [4.78, 5) is 26.9. The lowest BCUT2D eigenvalue weighted by Crippen LogP contribution is -2.11. The first-order valence-corrected chi connectivity index (χ1v) is 6.57. The van der Waals surface area contributed by atoms with Crippen LogP contribution in [-0.2, 0) is 17.8 Å². The maximum atomic E-state index is 11.9. The molecule has 20 heavy (non-hydrogen) atoms. The maximum Gasteiger partial charge on any atom is 0.433 e. The lowest BCUT2D eigenvalue weighted by Gasteiger charge is -2.08. The predicted octanol–water partition coefficient (Wildman–Crippen LogP) is 1.97. The van der Waals surface area contributed by atoms with Crippen LogP contribution in [0.3, 0.4) is 0 Å². The molecule has 0 unspecified atom stereocenters. The summed E-state index contributed by atoms with van der Waals surface area (Å²) in [6.45, 7) is 1.11. The molecular formula is C11H9N3O5S. The quantitative estimate of drug-likeness (QED) is 0.685. The molecule has 0 aromatic carbocycles. The first-order valence-electron chi connectivity index (χ1n) is 5.75. The number of anilines is 1. The summed E-state index contributed by atoms with van der Waals surface area (Å²) in [5, 5.41) is 13.5. The molecule has 1 amide bonds. The minimum Gasteiger partial charge on any atom is -0.395 e. The molecule has 0 spiro atoms. The number of amides is 1. The Balaban J connectivity index is 1.74. The van der Waals surface area contributed by atoms with Crippen molar-refractivity contribution in [3.05, 3.63) is 38.6 Å². The van der Waals surface area contributed by atoms with Crippen LogP contribution >= 0.6 is 11.3 Å². The Labute approximate surface area is 116 Å². The van der Waals surface area contributed by atoms with Gasteiger partial charge in [0.1, 0.15) is 4.92 Å². The van der Waals surface area contributed by atoms with E-state index in [4.69, 9.17) is 9.15 Å². The van der Waals surface area contributed by atoms with E-state index in [1.165, 1.54) is 17.4 Å². The second kappa shape index (κ2) is 5.02. The molecule has 9 heteroatoms. The highest BCUT2D eigenvalue weighted by Crippen LogP contribution is 2.27. The Morgan fingerprint density at radius 3 is 3.05 bits per heavy atom. The summed E-state index contributed by atoms with van der Waals surface area (Å²) in [6, 6.07) is 2.39. The molecule has 0 radical (unpaired) electrons. The first kappa shape index (κ1) is 12.8. The minimum atomic E-state index is -0.698. The van der Waals surface area contributed by atoms with Gasteiger partial charge in [-0.25, -0.2) is 4.98 Å². The number of carbonyl (C=O) groups excluding carboxylic acids is 1. The van der Waals surface area contributed by atoms with Crippen molar-refractivity contribution in [1.29, 1.82) is 0 Å². The van der Waals surface area contributed by atoms with Crippen molar-refractivity contribution in [3.8, 4) is 0 Å². The van der Waals surface area contributed by atoms with Crippen molar-refractivity contribution in [2.24, 2.45) is 0 Å². The molecule has 1 aliphatic heterocycles. The van der Waals surface area contributed by atoms with Crippen LogP contribution in [0, 0.1) is 10.1 Å². The highest BCUT2D eigenvalue weighted by molar-refractivity contribution is 7.15. The van der Waals surface area contributed by atoms with Crippen LogP contribution < -0.4 is 5.32 Å². The van der Waals surface area contributed by atoms with E-state index in [1.54, 1.807) is 0 Å². The minimum absolute atomic E-state index is 0.124. The van der Waals surface area contributed by atoms with Gasteiger partial charge in [0, 0.05) is 6.42 Å². The summed E-state index contributed by atoms with van der Waals surface area (Å²) in [7, 11) is 0. The number of aromatic nitrogens is 1. The van der Waals surface area contributed by atoms with Crippen LogP contribution in [-0.4, -0.2) is 22.4 Å². The zero-order valence-electron chi connectivity index (χ0n) is 10.1. The number of nitrogens with zero attached hydrogens (tertiary/aromatic N) is 2. The number of hydrogen-bond acceptors (Lipinski definition) is 7. The summed E-state index contributed by atoms with van der Waals surface area (Å²) in [6.07, 6.45) is 0.716. The Kier molecular flexibility index (Phi) is 3.20. The van der Waals surface area contributed by atoms with Gasteiger partial charge in [0.25, 0.3) is 5.91 Å². The Hall–Kier alpha value is -2.26. The molecule has 2 aromatic heterocycles. The van der Waals surface area contributed by atoms with Crippen LogP contribution in [0.4, 0.5) is 11.0 Å². The Bertz CT molecular complexity index is 654. The first-order chi connectivity index (χ1) is 9.63. The van der Waals surface area contributed by atoms with Crippen molar-refractivity contribution < 1.29 is 18.9 Å². The molecule has 8 nitrogen and oxygen atoms in total.